The van der Waals surface area contributed by atoms with Gasteiger partial charge in [-0.3, -0.25) is 0 Å². The van der Waals surface area contributed by atoms with E-state index in [1.165, 1.54) is 148 Å². The molecule has 0 atom stereocenters. The lowest BCUT2D eigenvalue weighted by molar-refractivity contribution is 0.669. The van der Waals surface area contributed by atoms with Crippen LogP contribution in [0.5, 0.6) is 0 Å². The van der Waals surface area contributed by atoms with Crippen LogP contribution in [0, 0.1) is 0 Å². The van der Waals surface area contributed by atoms with Gasteiger partial charge in [0.1, 0.15) is 19.2 Å². The molecule has 14 aromatic carbocycles. The first-order valence-electron chi connectivity index (χ1n) is 28.2. The zero-order valence-electron chi connectivity index (χ0n) is 44.8. The zero-order chi connectivity index (χ0) is 53.5. The van der Waals surface area contributed by atoms with Crippen LogP contribution in [0.4, 0.5) is 0 Å². The van der Waals surface area contributed by atoms with Crippen molar-refractivity contribution in [1.82, 2.24) is 4.57 Å². The molecule has 2 nitrogen and oxygen atoms in total. The van der Waals surface area contributed by atoms with Gasteiger partial charge in [0.25, 0.3) is 0 Å². The highest BCUT2D eigenvalue weighted by molar-refractivity contribution is 7.04. The van der Waals surface area contributed by atoms with Crippen LogP contribution >= 0.6 is 0 Å². The Hall–Kier alpha value is -10.1. The molecular weight excluding hydrogens is 995 g/mol. The Bertz CT molecular complexity index is 5090. The van der Waals surface area contributed by atoms with Gasteiger partial charge in [0.2, 0.25) is 0 Å². The second-order valence-corrected chi connectivity index (χ2v) is 27.1. The molecule has 0 radical (unpaired) electrons. The second-order valence-electron chi connectivity index (χ2n) is 22.8. The molecule has 0 spiro atoms. The molecule has 2 aromatic heterocycles. The number of hydrogen-bond acceptors (Lipinski definition) is 1. The van der Waals surface area contributed by atoms with Gasteiger partial charge in [-0.1, -0.05) is 219 Å². The van der Waals surface area contributed by atoms with Crippen LogP contribution in [0.3, 0.4) is 0 Å². The minimum absolute atomic E-state index is 0.925. The Morgan fingerprint density at radius 3 is 1.23 bits per heavy atom. The lowest BCUT2D eigenvalue weighted by atomic mass is 9.92. The van der Waals surface area contributed by atoms with Gasteiger partial charge in [-0.05, 0) is 187 Å². The summed E-state index contributed by atoms with van der Waals surface area (Å²) in [6, 6.07) is 102. The Morgan fingerprint density at radius 1 is 0.259 bits per heavy atom. The number of benzene rings is 14. The van der Waals surface area contributed by atoms with Crippen molar-refractivity contribution in [3.8, 4) is 72.4 Å². The van der Waals surface area contributed by atoms with Crippen LogP contribution in [0.2, 0.25) is 13.1 Å². The molecule has 1 aliphatic rings. The molecule has 378 valence electrons. The van der Waals surface area contributed by atoms with E-state index in [1.54, 1.807) is 0 Å². The summed E-state index contributed by atoms with van der Waals surface area (Å²) >= 11 is 0. The SMILES string of the molecule is C[Si]1(C)c2cc(-c3ccc4oc5ccccc5c4c3)ccc2-c2ccc(-n3c4ccc(-c5ccc(-c6cc7ccccc7c7ccccc67)cc5)cc4c4cc(-c5ccc(-c6cc7ccccc7c7ccccc67)cc5)ccc43)cc21. The molecule has 0 unspecified atom stereocenters. The van der Waals surface area contributed by atoms with Crippen LogP contribution in [0.25, 0.3) is 159 Å². The van der Waals surface area contributed by atoms with Crippen molar-refractivity contribution in [1.29, 1.82) is 0 Å². The minimum Gasteiger partial charge on any atom is -0.456 e. The number of furan rings is 1. The fourth-order valence-corrected chi connectivity index (χ4v) is 17.0. The number of hydrogen-bond donors (Lipinski definition) is 0. The van der Waals surface area contributed by atoms with E-state index in [2.05, 4.69) is 285 Å². The lowest BCUT2D eigenvalue weighted by Gasteiger charge is -2.20. The van der Waals surface area contributed by atoms with E-state index in [-0.39, 0.29) is 0 Å². The minimum atomic E-state index is -2.16. The fourth-order valence-electron chi connectivity index (χ4n) is 13.9. The molecular formula is C78H51NOSi. The van der Waals surface area contributed by atoms with Crippen molar-refractivity contribution in [2.24, 2.45) is 0 Å². The first kappa shape index (κ1) is 45.9. The summed E-state index contributed by atoms with van der Waals surface area (Å²) in [5, 5.41) is 18.0. The molecule has 0 N–H and O–H groups in total. The number of rotatable bonds is 6. The first-order valence-corrected chi connectivity index (χ1v) is 31.2. The van der Waals surface area contributed by atoms with Crippen LogP contribution in [0.15, 0.2) is 277 Å². The summed E-state index contributed by atoms with van der Waals surface area (Å²) in [7, 11) is -2.16. The maximum absolute atomic E-state index is 6.22. The Morgan fingerprint density at radius 2 is 0.654 bits per heavy atom. The fraction of sp³-hybridized carbons (Fsp3) is 0.0256. The standard InChI is InChI=1S/C78H51NOSi/c1-81(2)77-46-55(54-34-40-76-72(43-54)65-21-11-12-22-75(65)80-76)31-36-66(77)67-37-35-58(47-78(67)81)79-73-38-32-52(48-23-27-50(28-24-48)68-44-56-13-3-5-15-59(56)61-17-7-9-19-63(61)68)41-70(73)71-42-53(33-39-74(71)79)49-25-29-51(30-26-49)69-45-57-14-4-6-16-60(57)62-18-8-10-20-64(62)69/h3-47H,1-2H3. The van der Waals surface area contributed by atoms with Crippen molar-refractivity contribution in [3.63, 3.8) is 0 Å². The quantitative estimate of drug-likeness (QED) is 0.120. The smallest absolute Gasteiger partial charge is 0.135 e. The molecule has 3 heterocycles. The summed E-state index contributed by atoms with van der Waals surface area (Å²) in [5.41, 5.74) is 20.4. The van der Waals surface area contributed by atoms with Crippen molar-refractivity contribution in [3.05, 3.63) is 273 Å². The lowest BCUT2D eigenvalue weighted by Crippen LogP contribution is -2.49. The number of aromatic nitrogens is 1. The molecule has 17 rings (SSSR count). The summed E-state index contributed by atoms with van der Waals surface area (Å²) in [6.07, 6.45) is 0. The highest BCUT2D eigenvalue weighted by atomic mass is 28.3. The molecule has 81 heavy (non-hydrogen) atoms. The molecule has 0 saturated heterocycles. The number of fused-ring (bicyclic) bond motifs is 15. The first-order chi connectivity index (χ1) is 39.9. The van der Waals surface area contributed by atoms with Crippen molar-refractivity contribution in [2.75, 3.05) is 0 Å². The normalized spacial score (nSPS) is 12.9. The maximum atomic E-state index is 6.22. The second kappa shape index (κ2) is 17.5. The summed E-state index contributed by atoms with van der Waals surface area (Å²) in [6.45, 7) is 5.06. The molecule has 3 heteroatoms. The third kappa shape index (κ3) is 7.05. The third-order valence-electron chi connectivity index (χ3n) is 18.0. The average molecular weight is 1050 g/mol. The van der Waals surface area contributed by atoms with E-state index in [0.29, 0.717) is 0 Å². The zero-order valence-corrected chi connectivity index (χ0v) is 45.8. The van der Waals surface area contributed by atoms with E-state index in [0.717, 1.165) is 21.9 Å². The van der Waals surface area contributed by atoms with Gasteiger partial charge in [-0.15, -0.1) is 0 Å². The van der Waals surface area contributed by atoms with Crippen molar-refractivity contribution in [2.45, 2.75) is 13.1 Å². The molecule has 0 saturated carbocycles. The van der Waals surface area contributed by atoms with Gasteiger partial charge in [0.15, 0.2) is 0 Å². The van der Waals surface area contributed by atoms with Crippen molar-refractivity contribution < 1.29 is 4.42 Å². The van der Waals surface area contributed by atoms with E-state index in [1.807, 2.05) is 6.07 Å². The van der Waals surface area contributed by atoms with Gasteiger partial charge in [-0.25, -0.2) is 0 Å². The third-order valence-corrected chi connectivity index (χ3v) is 21.5. The highest BCUT2D eigenvalue weighted by Gasteiger charge is 2.38. The monoisotopic (exact) mass is 1050 g/mol. The van der Waals surface area contributed by atoms with E-state index >= 15 is 0 Å². The summed E-state index contributed by atoms with van der Waals surface area (Å²) in [4.78, 5) is 0. The van der Waals surface area contributed by atoms with Gasteiger partial charge < -0.3 is 8.98 Å². The highest BCUT2D eigenvalue weighted by Crippen LogP contribution is 2.43. The average Bonchev–Trinajstić information content (AvgIpc) is 4.36. The van der Waals surface area contributed by atoms with Crippen LogP contribution in [-0.2, 0) is 0 Å². The Kier molecular flexibility index (Phi) is 9.90. The summed E-state index contributed by atoms with van der Waals surface area (Å²) in [5.74, 6) is 0. The number of para-hydroxylation sites is 1. The van der Waals surface area contributed by atoms with Crippen LogP contribution in [0.1, 0.15) is 0 Å². The Labute approximate surface area is 470 Å². The molecule has 1 aliphatic heterocycles. The maximum Gasteiger partial charge on any atom is 0.135 e. The molecule has 0 amide bonds. The van der Waals surface area contributed by atoms with Gasteiger partial charge in [0.05, 0.1) is 11.0 Å². The van der Waals surface area contributed by atoms with E-state index in [4.69, 9.17) is 4.42 Å². The van der Waals surface area contributed by atoms with E-state index < -0.39 is 8.07 Å². The van der Waals surface area contributed by atoms with Gasteiger partial charge in [-0.2, -0.15) is 0 Å². The van der Waals surface area contributed by atoms with Crippen LogP contribution in [-0.4, -0.2) is 12.6 Å². The van der Waals surface area contributed by atoms with Crippen molar-refractivity contribution >= 4 is 105 Å². The molecule has 16 aromatic rings. The van der Waals surface area contributed by atoms with Gasteiger partial charge in [0, 0.05) is 27.2 Å². The predicted octanol–water partition coefficient (Wildman–Crippen LogP) is 20.4. The number of nitrogens with zero attached hydrogens (tertiary/aromatic N) is 1. The van der Waals surface area contributed by atoms with Crippen LogP contribution < -0.4 is 10.4 Å². The van der Waals surface area contributed by atoms with Gasteiger partial charge >= 0.3 is 0 Å². The Balaban J connectivity index is 0.782. The van der Waals surface area contributed by atoms with E-state index in [9.17, 15) is 0 Å². The predicted molar refractivity (Wildman–Crippen MR) is 347 cm³/mol. The topological polar surface area (TPSA) is 18.1 Å². The molecule has 0 bridgehead atoms. The largest absolute Gasteiger partial charge is 0.456 e. The summed E-state index contributed by atoms with van der Waals surface area (Å²) < 4.78 is 8.74. The molecule has 0 aliphatic carbocycles. The molecule has 0 fully saturated rings.